The zero-order valence-corrected chi connectivity index (χ0v) is 11.6. The number of nitrogens with zero attached hydrogens (tertiary/aromatic N) is 1. The molecule has 0 saturated heterocycles. The van der Waals surface area contributed by atoms with Gasteiger partial charge in [0.1, 0.15) is 5.54 Å². The van der Waals surface area contributed by atoms with Gasteiger partial charge in [-0.1, -0.05) is 20.8 Å². The largest absolute Gasteiger partial charge is 0.480 e. The van der Waals surface area contributed by atoms with Gasteiger partial charge in [0.25, 0.3) is 0 Å². The number of rotatable bonds is 5. The summed E-state index contributed by atoms with van der Waals surface area (Å²) in [5, 5.41) is 9.71. The monoisotopic (exact) mass is 233 g/mol. The third kappa shape index (κ3) is 2.31. The molecule has 0 aromatic rings. The van der Waals surface area contributed by atoms with Gasteiger partial charge in [0.15, 0.2) is 0 Å². The fourth-order valence-electron chi connectivity index (χ4n) is 1.73. The molecule has 1 N–H and O–H groups in total. The van der Waals surface area contributed by atoms with Gasteiger partial charge in [-0.2, -0.15) is 11.8 Å². The maximum absolute atomic E-state index is 11.5. The van der Waals surface area contributed by atoms with E-state index >= 15 is 0 Å². The van der Waals surface area contributed by atoms with E-state index in [1.54, 1.807) is 23.6 Å². The molecule has 0 heterocycles. The summed E-state index contributed by atoms with van der Waals surface area (Å²) in [5.74, 6) is -0.765. The lowest BCUT2D eigenvalue weighted by Crippen LogP contribution is -2.61. The molecule has 4 heteroatoms. The van der Waals surface area contributed by atoms with E-state index in [-0.39, 0.29) is 10.7 Å². The van der Waals surface area contributed by atoms with E-state index in [4.69, 9.17) is 0 Å². The first-order valence-corrected chi connectivity index (χ1v) is 6.34. The SMILES string of the molecule is CSC(C)C(C)(C)C(C)(C(=O)O)N(C)C. The highest BCUT2D eigenvalue weighted by Crippen LogP contribution is 2.42. The van der Waals surface area contributed by atoms with Crippen molar-refractivity contribution in [3.05, 3.63) is 0 Å². The van der Waals surface area contributed by atoms with Crippen LogP contribution in [0.2, 0.25) is 0 Å². The zero-order valence-electron chi connectivity index (χ0n) is 10.8. The molecular weight excluding hydrogens is 210 g/mol. The topological polar surface area (TPSA) is 40.5 Å². The maximum atomic E-state index is 11.5. The van der Waals surface area contributed by atoms with Gasteiger partial charge in [0.05, 0.1) is 0 Å². The van der Waals surface area contributed by atoms with Crippen molar-refractivity contribution in [3.63, 3.8) is 0 Å². The number of likely N-dealkylation sites (N-methyl/N-ethyl adjacent to an activating group) is 1. The van der Waals surface area contributed by atoms with Crippen LogP contribution < -0.4 is 0 Å². The van der Waals surface area contributed by atoms with E-state index in [1.807, 2.05) is 34.2 Å². The number of carboxylic acids is 1. The summed E-state index contributed by atoms with van der Waals surface area (Å²) in [6, 6.07) is 0. The summed E-state index contributed by atoms with van der Waals surface area (Å²) in [5.41, 5.74) is -1.16. The highest BCUT2D eigenvalue weighted by molar-refractivity contribution is 7.99. The Hall–Kier alpha value is -0.220. The van der Waals surface area contributed by atoms with Gasteiger partial charge >= 0.3 is 5.97 Å². The molecule has 0 aromatic carbocycles. The highest BCUT2D eigenvalue weighted by Gasteiger charge is 2.51. The van der Waals surface area contributed by atoms with Crippen LogP contribution in [0, 0.1) is 5.41 Å². The molecule has 0 amide bonds. The van der Waals surface area contributed by atoms with Crippen molar-refractivity contribution in [1.82, 2.24) is 4.90 Å². The van der Waals surface area contributed by atoms with Gasteiger partial charge < -0.3 is 5.11 Å². The molecule has 0 fully saturated rings. The van der Waals surface area contributed by atoms with Crippen LogP contribution in [-0.2, 0) is 4.79 Å². The number of hydrogen-bond acceptors (Lipinski definition) is 3. The second kappa shape index (κ2) is 4.74. The summed E-state index contributed by atoms with van der Waals surface area (Å²) >= 11 is 1.70. The van der Waals surface area contributed by atoms with E-state index in [9.17, 15) is 9.90 Å². The molecule has 0 aromatic heterocycles. The van der Waals surface area contributed by atoms with Crippen molar-refractivity contribution in [2.24, 2.45) is 5.41 Å². The molecule has 0 bridgehead atoms. The minimum Gasteiger partial charge on any atom is -0.480 e. The first-order chi connectivity index (χ1) is 6.62. The van der Waals surface area contributed by atoms with Crippen LogP contribution in [0.1, 0.15) is 27.7 Å². The lowest BCUT2D eigenvalue weighted by molar-refractivity contribution is -0.156. The Morgan fingerprint density at radius 1 is 1.33 bits per heavy atom. The highest BCUT2D eigenvalue weighted by atomic mass is 32.2. The lowest BCUT2D eigenvalue weighted by Gasteiger charge is -2.48. The molecular formula is C11H23NO2S. The van der Waals surface area contributed by atoms with Gasteiger partial charge in [-0.25, -0.2) is 0 Å². The van der Waals surface area contributed by atoms with Crippen LogP contribution in [0.15, 0.2) is 0 Å². The molecule has 0 saturated carbocycles. The summed E-state index contributed by atoms with van der Waals surface area (Å²) in [7, 11) is 3.64. The van der Waals surface area contributed by atoms with Gasteiger partial charge in [-0.15, -0.1) is 0 Å². The predicted molar refractivity (Wildman–Crippen MR) is 66.5 cm³/mol. The first kappa shape index (κ1) is 14.8. The van der Waals surface area contributed by atoms with E-state index < -0.39 is 11.5 Å². The van der Waals surface area contributed by atoms with Crippen LogP contribution in [0.5, 0.6) is 0 Å². The average molecular weight is 233 g/mol. The second-order valence-corrected chi connectivity index (χ2v) is 6.05. The third-order valence-electron chi connectivity index (χ3n) is 3.94. The molecule has 2 unspecified atom stereocenters. The lowest BCUT2D eigenvalue weighted by atomic mass is 9.70. The van der Waals surface area contributed by atoms with Crippen LogP contribution in [0.4, 0.5) is 0 Å². The average Bonchev–Trinajstić information content (AvgIpc) is 2.13. The quantitative estimate of drug-likeness (QED) is 0.790. The molecule has 0 radical (unpaired) electrons. The molecule has 15 heavy (non-hydrogen) atoms. The minimum absolute atomic E-state index is 0.279. The van der Waals surface area contributed by atoms with Crippen LogP contribution in [0.3, 0.4) is 0 Å². The van der Waals surface area contributed by atoms with Crippen molar-refractivity contribution in [3.8, 4) is 0 Å². The molecule has 3 nitrogen and oxygen atoms in total. The number of carboxylic acid groups (broad SMARTS) is 1. The van der Waals surface area contributed by atoms with Crippen LogP contribution >= 0.6 is 11.8 Å². The third-order valence-corrected chi connectivity index (χ3v) is 5.23. The Kier molecular flexibility index (Phi) is 4.67. The molecule has 90 valence electrons. The minimum atomic E-state index is -0.852. The predicted octanol–water partition coefficient (Wildman–Crippen LogP) is 2.17. The summed E-state index contributed by atoms with van der Waals surface area (Å²) in [4.78, 5) is 13.3. The van der Waals surface area contributed by atoms with Crippen molar-refractivity contribution < 1.29 is 9.90 Å². The number of thioether (sulfide) groups is 1. The van der Waals surface area contributed by atoms with E-state index in [0.717, 1.165) is 0 Å². The Morgan fingerprint density at radius 2 is 1.73 bits per heavy atom. The van der Waals surface area contributed by atoms with Gasteiger partial charge in [0, 0.05) is 10.7 Å². The van der Waals surface area contributed by atoms with Crippen LogP contribution in [-0.4, -0.2) is 47.1 Å². The number of carbonyl (C=O) groups is 1. The van der Waals surface area contributed by atoms with Crippen molar-refractivity contribution in [1.29, 1.82) is 0 Å². The number of hydrogen-bond donors (Lipinski definition) is 1. The smallest absolute Gasteiger partial charge is 0.324 e. The first-order valence-electron chi connectivity index (χ1n) is 5.06. The standard InChI is InChI=1S/C11H23NO2S/c1-8(15-7)10(2,3)11(4,9(13)14)12(5)6/h8H,1-7H3,(H,13,14). The summed E-state index contributed by atoms with van der Waals surface area (Å²) in [6.45, 7) is 7.90. The fourth-order valence-corrected chi connectivity index (χ4v) is 2.55. The number of aliphatic carboxylic acids is 1. The van der Waals surface area contributed by atoms with Gasteiger partial charge in [0.2, 0.25) is 0 Å². The normalized spacial score (nSPS) is 18.7. The van der Waals surface area contributed by atoms with Crippen LogP contribution in [0.25, 0.3) is 0 Å². The summed E-state index contributed by atoms with van der Waals surface area (Å²) in [6.07, 6.45) is 2.02. The van der Waals surface area contributed by atoms with E-state index in [2.05, 4.69) is 6.92 Å². The van der Waals surface area contributed by atoms with Crippen molar-refractivity contribution in [2.75, 3.05) is 20.4 Å². The van der Waals surface area contributed by atoms with E-state index in [0.29, 0.717) is 0 Å². The molecule has 0 aliphatic rings. The maximum Gasteiger partial charge on any atom is 0.324 e. The molecule has 0 spiro atoms. The van der Waals surface area contributed by atoms with Crippen molar-refractivity contribution >= 4 is 17.7 Å². The Bertz CT molecular complexity index is 241. The molecule has 2 atom stereocenters. The molecule has 0 rings (SSSR count). The second-order valence-electron chi connectivity index (χ2n) is 4.87. The summed E-state index contributed by atoms with van der Waals surface area (Å²) < 4.78 is 0. The van der Waals surface area contributed by atoms with Crippen molar-refractivity contribution in [2.45, 2.75) is 38.5 Å². The Morgan fingerprint density at radius 3 is 1.93 bits per heavy atom. The molecule has 0 aliphatic carbocycles. The zero-order chi connectivity index (χ0) is 12.4. The Labute approximate surface area is 97.2 Å². The van der Waals surface area contributed by atoms with Gasteiger partial charge in [-0.05, 0) is 27.3 Å². The molecule has 0 aliphatic heterocycles. The fraction of sp³-hybridized carbons (Fsp3) is 0.909. The van der Waals surface area contributed by atoms with E-state index in [1.165, 1.54) is 0 Å². The Balaban J connectivity index is 5.35. The van der Waals surface area contributed by atoms with Gasteiger partial charge in [-0.3, -0.25) is 9.69 Å².